The number of nitro groups is 1. The summed E-state index contributed by atoms with van der Waals surface area (Å²) in [4.78, 5) is 78.3. The fourth-order valence-corrected chi connectivity index (χ4v) is 23.1. The summed E-state index contributed by atoms with van der Waals surface area (Å²) in [6.45, 7) is 11.3. The number of ketones is 1. The van der Waals surface area contributed by atoms with Crippen LogP contribution in [0.25, 0.3) is 22.3 Å². The number of hydrogen-bond acceptors (Lipinski definition) is 22. The number of halogens is 11. The van der Waals surface area contributed by atoms with E-state index in [1.807, 2.05) is 42.5 Å². The van der Waals surface area contributed by atoms with E-state index in [-0.39, 0.29) is 133 Å². The average Bonchev–Trinajstić information content (AvgIpc) is 0.751. The molecule has 0 aromatic heterocycles. The zero-order chi connectivity index (χ0) is 104. The minimum Gasteiger partial charge on any atom is -0.465 e. The van der Waals surface area contributed by atoms with Gasteiger partial charge >= 0.3 is 39.5 Å². The molecule has 145 heavy (non-hydrogen) atoms. The molecule has 6 aromatic rings. The van der Waals surface area contributed by atoms with Crippen LogP contribution in [0.15, 0.2) is 183 Å². The molecule has 2 heterocycles. The Morgan fingerprint density at radius 2 is 0.966 bits per heavy atom. The van der Waals surface area contributed by atoms with Crippen LogP contribution >= 0.6 is 59.3 Å². The molecule has 0 saturated heterocycles. The molecule has 0 radical (unpaired) electrons. The van der Waals surface area contributed by atoms with E-state index < -0.39 is 60.7 Å². The number of nitro benzene ring substituents is 1. The topological polar surface area (TPSA) is 330 Å². The Labute approximate surface area is 870 Å². The van der Waals surface area contributed by atoms with Gasteiger partial charge in [-0.1, -0.05) is 165 Å². The molecule has 0 amide bonds. The van der Waals surface area contributed by atoms with Crippen LogP contribution in [0.2, 0.25) is 0 Å². The number of aliphatic imine (C=N–C) groups is 2. The zero-order valence-corrected chi connectivity index (χ0v) is 87.3. The number of nitrogens with zero attached hydrogens (tertiary/aromatic N) is 3. The summed E-state index contributed by atoms with van der Waals surface area (Å²) < 4.78 is 166. The van der Waals surface area contributed by atoms with E-state index in [9.17, 15) is 87.1 Å². The van der Waals surface area contributed by atoms with E-state index in [0.717, 1.165) is 198 Å². The molecular weight excluding hydrogens is 2000 g/mol. The lowest BCUT2D eigenvalue weighted by Crippen LogP contribution is -2.43. The lowest BCUT2D eigenvalue weighted by Gasteiger charge is -2.44. The number of carbonyl (C=O) groups is 5. The molecule has 36 heteroatoms. The number of hydrogen-bond donors (Lipinski definition) is 4. The highest BCUT2D eigenvalue weighted by molar-refractivity contribution is 8.14. The van der Waals surface area contributed by atoms with E-state index in [4.69, 9.17) is 47.7 Å². The second-order valence-electron chi connectivity index (χ2n) is 36.9. The summed E-state index contributed by atoms with van der Waals surface area (Å²) >= 11 is 10.3. The molecule has 6 aromatic carbocycles. The van der Waals surface area contributed by atoms with E-state index in [0.29, 0.717) is 102 Å². The Balaban J connectivity index is 0.000000227. The van der Waals surface area contributed by atoms with Gasteiger partial charge in [-0.25, -0.2) is 35.9 Å². The highest BCUT2D eigenvalue weighted by atomic mass is 35.5. The molecule has 6 N–H and O–H groups in total. The van der Waals surface area contributed by atoms with Crippen LogP contribution in [0.1, 0.15) is 294 Å². The summed E-state index contributed by atoms with van der Waals surface area (Å²) in [5, 5.41) is 29.1. The lowest BCUT2D eigenvalue weighted by atomic mass is 9.69. The fraction of sp³-hybridized carbons (Fsp3) is 0.505. The number of aliphatic hydroxyl groups is 1. The zero-order valence-electron chi connectivity index (χ0n) is 82.5. The van der Waals surface area contributed by atoms with Crippen molar-refractivity contribution >= 4 is 142 Å². The van der Waals surface area contributed by atoms with Gasteiger partial charge in [0.1, 0.15) is 58.0 Å². The third-order valence-corrected chi connectivity index (χ3v) is 30.3. The van der Waals surface area contributed by atoms with Crippen molar-refractivity contribution in [3.63, 3.8) is 0 Å². The van der Waals surface area contributed by atoms with Gasteiger partial charge in [0.25, 0.3) is 5.69 Å². The summed E-state index contributed by atoms with van der Waals surface area (Å²) in [6.07, 6.45) is 27.9. The third kappa shape index (κ3) is 35.5. The summed E-state index contributed by atoms with van der Waals surface area (Å²) in [6, 6.07) is 38.0. The van der Waals surface area contributed by atoms with Crippen molar-refractivity contribution in [3.05, 3.63) is 252 Å². The van der Waals surface area contributed by atoms with Crippen molar-refractivity contribution in [3.8, 4) is 0 Å². The highest BCUT2D eigenvalue weighted by Crippen LogP contribution is 2.53. The molecule has 3 fully saturated rings. The van der Waals surface area contributed by atoms with E-state index in [1.54, 1.807) is 94.9 Å². The molecular formula is C109H137Cl2F9N6O15S4. The molecule has 0 spiro atoms. The minimum atomic E-state index is -5.74. The third-order valence-electron chi connectivity index (χ3n) is 26.1. The predicted molar refractivity (Wildman–Crippen MR) is 563 cm³/mol. The maximum absolute atomic E-state index is 14.8. The van der Waals surface area contributed by atoms with Crippen molar-refractivity contribution in [2.24, 2.45) is 39.2 Å². The Morgan fingerprint density at radius 1 is 0.545 bits per heavy atom. The van der Waals surface area contributed by atoms with Gasteiger partial charge in [-0.2, -0.15) is 21.6 Å². The number of nitrogens with two attached hydrogens (primary N) is 2. The maximum Gasteiger partial charge on any atom is 0.534 e. The molecule has 5 atom stereocenters. The molecule has 10 aliphatic rings. The van der Waals surface area contributed by atoms with Crippen molar-refractivity contribution in [1.82, 2.24) is 0 Å². The van der Waals surface area contributed by atoms with Crippen LogP contribution in [-0.4, -0.2) is 124 Å². The van der Waals surface area contributed by atoms with Crippen molar-refractivity contribution < 1.29 is 105 Å². The second-order valence-corrected chi connectivity index (χ2v) is 41.9. The Kier molecular flexibility index (Phi) is 50.6. The minimum absolute atomic E-state index is 0. The number of rotatable bonds is 21. The first-order chi connectivity index (χ1) is 68.3. The Morgan fingerprint density at radius 3 is 1.45 bits per heavy atom. The second kappa shape index (κ2) is 60.1. The van der Waals surface area contributed by atoms with E-state index >= 15 is 0 Å². The highest BCUT2D eigenvalue weighted by Gasteiger charge is 2.51. The van der Waals surface area contributed by atoms with Crippen LogP contribution in [0.4, 0.5) is 45.2 Å². The molecule has 1 unspecified atom stereocenters. The van der Waals surface area contributed by atoms with Crippen LogP contribution in [0.5, 0.6) is 0 Å². The molecule has 3 saturated carbocycles. The Hall–Kier alpha value is -9.71. The number of thioether (sulfide) groups is 3. The van der Waals surface area contributed by atoms with Gasteiger partial charge in [0, 0.05) is 87.1 Å². The van der Waals surface area contributed by atoms with E-state index in [2.05, 4.69) is 13.9 Å². The Bertz CT molecular complexity index is 5680. The molecule has 0 bridgehead atoms. The fourth-order valence-electron chi connectivity index (χ4n) is 19.3. The number of carbonyl (C=O) groups excluding carboxylic acids is 5. The molecule has 794 valence electrons. The van der Waals surface area contributed by atoms with Gasteiger partial charge in [0.05, 0.1) is 59.5 Å². The van der Waals surface area contributed by atoms with Crippen molar-refractivity contribution in [2.75, 3.05) is 49.6 Å². The first-order valence-corrected chi connectivity index (χ1v) is 54.1. The van der Waals surface area contributed by atoms with Gasteiger partial charge < -0.3 is 39.7 Å². The summed E-state index contributed by atoms with van der Waals surface area (Å²) in [5.74, 6) is -0.650. The molecule has 16 rings (SSSR count). The number of amidine groups is 2. The SMILES string of the molecule is C.CC(C)(C)OC(=O)CC1=N[C@@]2(c3cc([N+](=O)[O-])ccc3F)CCCC[C@H]2CS1.CCOC(=O)C1=C(OS(=O)(=O)C(F)(F)F)CCCC1.CCOC(=O)C1=C(c2ccccc2F)CCCC1.CCOC(=O)C1CCCCC1=O.Cl.Fc1ccccc1C1=C(CCl)CCCC1.N=C(N)SCC1=C(c2ccccc2F)CCCC1.NC1=N[C@@]2(c3ccccc3F)CCCC[C@H]2CS1.OCC1=C(c2ccccc2F)CCCC1. The number of non-ortho nitro benzene ring substituents is 1. The largest absolute Gasteiger partial charge is 0.534 e. The van der Waals surface area contributed by atoms with Gasteiger partial charge in [0.2, 0.25) is 0 Å². The first-order valence-electron chi connectivity index (χ1n) is 49.2. The standard InChI is InChI=1S/C20H25FN2O4S.C15H17FO2.2C14H17FN2S.C13H14ClF.C13H15FO.C10H13F3O5S.C9H14O3.CH4.ClH/c1-19(2,3)27-18(24)11-17-22-20(9-5-4-6-13(20)12-28-17)15-10-14(23(25)26)7-8-16(15)21;1-2-18-15(17)13-9-4-3-7-11(13)12-8-5-6-10-14(12)16;15-12-7-2-1-6-11(12)14-8-4-3-5-10(14)9-18-13(16)17-14;15-13-8-4-3-7-12(13)11-6-2-1-5-10(11)9-18-14(16)17;14-9-10-5-1-2-6-11(10)12-7-3-4-8-13(12)15;14-13-8-4-3-7-12(13)11-6-2-1-5-10(11)9-15;1-2-17-9(14)7-5-3-4-6-8(7)18-19(15,16)10(11,12)13;1-2-12-9(11)7-5-3-4-6-8(7)10;;/h7-8,10,13H,4-6,9,11-12H2,1-3H3;5-6,8,10H,2-4,7,9H2,1H3;1-2,6-7,10H,3-5,8-9H2,(H2,16,17);3-4,7-8H,1-2,5-6,9H2,(H3,16,17);3-4,7-8H,1-2,5-6,9H2;3-4,7-8,15H,1-2,5-6,9H2;2-6H2,1H3;7H,2-6H2,1H3;1H4;1H/t13-,20-;;10-,14-;;;;;;;/m0.0......./s1. The molecule has 21 nitrogen and oxygen atoms in total. The average molecular weight is 2140 g/mol. The summed E-state index contributed by atoms with van der Waals surface area (Å²) in [7, 11) is -5.74. The monoisotopic (exact) mass is 2140 g/mol. The maximum atomic E-state index is 14.8. The van der Waals surface area contributed by atoms with E-state index in [1.165, 1.54) is 96.9 Å². The quantitative estimate of drug-likeness (QED) is 0.00444. The lowest BCUT2D eigenvalue weighted by molar-refractivity contribution is -0.385. The number of benzene rings is 6. The van der Waals surface area contributed by atoms with Crippen LogP contribution in [-0.2, 0) is 68.3 Å². The van der Waals surface area contributed by atoms with Crippen LogP contribution in [0.3, 0.4) is 0 Å². The van der Waals surface area contributed by atoms with Crippen molar-refractivity contribution in [2.45, 2.75) is 283 Å². The van der Waals surface area contributed by atoms with Crippen molar-refractivity contribution in [1.29, 1.82) is 5.41 Å². The number of fused-ring (bicyclic) bond motifs is 2. The van der Waals surface area contributed by atoms with Gasteiger partial charge in [0.15, 0.2) is 10.3 Å². The van der Waals surface area contributed by atoms with Crippen LogP contribution < -0.4 is 11.5 Å². The van der Waals surface area contributed by atoms with Gasteiger partial charge in [-0.3, -0.25) is 39.9 Å². The smallest absolute Gasteiger partial charge is 0.465 e. The normalized spacial score (nSPS) is 20.4. The summed E-state index contributed by atoms with van der Waals surface area (Å²) in [5.41, 5.74) is 15.5. The predicted octanol–water partition coefficient (Wildman–Crippen LogP) is 27.9. The van der Waals surface area contributed by atoms with Crippen LogP contribution in [0, 0.1) is 68.2 Å². The number of alkyl halides is 4. The number of Topliss-reactive ketones (excluding diaryl/α,β-unsaturated/α-hetero) is 1. The molecule has 2 aliphatic heterocycles. The number of esters is 4. The number of nitrogens with one attached hydrogen (secondary N) is 1. The van der Waals surface area contributed by atoms with Gasteiger partial charge in [-0.15, -0.1) is 35.8 Å². The number of allylic oxidation sites excluding steroid dienone is 6. The van der Waals surface area contributed by atoms with Gasteiger partial charge in [-0.05, 0) is 278 Å². The first kappa shape index (κ1) is 122. The number of ether oxygens (including phenoxy) is 4. The number of aliphatic hydroxyl groups excluding tert-OH is 1. The molecule has 8 aliphatic carbocycles.